The highest BCUT2D eigenvalue weighted by atomic mass is 32.2. The highest BCUT2D eigenvalue weighted by Gasteiger charge is 2.37. The minimum atomic E-state index is -3.34. The number of furan rings is 1. The van der Waals surface area contributed by atoms with Crippen LogP contribution in [-0.2, 0) is 21.4 Å². The summed E-state index contributed by atoms with van der Waals surface area (Å²) in [5, 5.41) is 0. The third-order valence-corrected chi connectivity index (χ3v) is 4.77. The predicted octanol–water partition coefficient (Wildman–Crippen LogP) is 0.970. The third kappa shape index (κ3) is 3.21. The van der Waals surface area contributed by atoms with Crippen molar-refractivity contribution in [1.29, 1.82) is 0 Å². The van der Waals surface area contributed by atoms with Crippen molar-refractivity contribution in [2.24, 2.45) is 0 Å². The lowest BCUT2D eigenvalue weighted by Crippen LogP contribution is -2.45. The van der Waals surface area contributed by atoms with Crippen LogP contribution in [0, 0.1) is 6.92 Å². The molecule has 1 aliphatic heterocycles. The van der Waals surface area contributed by atoms with Gasteiger partial charge < -0.3 is 9.32 Å². The SMILES string of the molecule is Cc1ccc(CN(C)C(=O)C2CCCN2S(C)(=O)=O)o1. The molecule has 2 heterocycles. The maximum atomic E-state index is 12.4. The summed E-state index contributed by atoms with van der Waals surface area (Å²) in [6, 6.07) is 3.08. The Balaban J connectivity index is 2.06. The van der Waals surface area contributed by atoms with Crippen LogP contribution in [0.4, 0.5) is 0 Å². The molecule has 0 aromatic carbocycles. The summed E-state index contributed by atoms with van der Waals surface area (Å²) in [6.07, 6.45) is 2.44. The fraction of sp³-hybridized carbons (Fsp3) is 0.615. The molecule has 1 unspecified atom stereocenters. The fourth-order valence-corrected chi connectivity index (χ4v) is 3.64. The molecule has 1 aromatic heterocycles. The zero-order valence-corrected chi connectivity index (χ0v) is 12.8. The Morgan fingerprint density at radius 3 is 2.75 bits per heavy atom. The molecule has 0 saturated carbocycles. The molecule has 2 rings (SSSR count). The van der Waals surface area contributed by atoms with Gasteiger partial charge in [0.1, 0.15) is 17.6 Å². The molecule has 1 aromatic rings. The Morgan fingerprint density at radius 1 is 1.50 bits per heavy atom. The number of carbonyl (C=O) groups is 1. The van der Waals surface area contributed by atoms with Crippen LogP contribution in [0.25, 0.3) is 0 Å². The maximum absolute atomic E-state index is 12.4. The monoisotopic (exact) mass is 300 g/mol. The zero-order chi connectivity index (χ0) is 14.9. The van der Waals surface area contributed by atoms with E-state index in [-0.39, 0.29) is 5.91 Å². The zero-order valence-electron chi connectivity index (χ0n) is 12.0. The maximum Gasteiger partial charge on any atom is 0.241 e. The van der Waals surface area contributed by atoms with Crippen LogP contribution in [0.15, 0.2) is 16.5 Å². The van der Waals surface area contributed by atoms with Crippen molar-refractivity contribution in [2.75, 3.05) is 19.8 Å². The van der Waals surface area contributed by atoms with E-state index >= 15 is 0 Å². The first-order valence-electron chi connectivity index (χ1n) is 6.56. The van der Waals surface area contributed by atoms with E-state index in [0.29, 0.717) is 25.3 Å². The molecule has 0 aliphatic carbocycles. The average molecular weight is 300 g/mol. The van der Waals surface area contributed by atoms with Crippen molar-refractivity contribution in [3.05, 3.63) is 23.7 Å². The summed E-state index contributed by atoms with van der Waals surface area (Å²) in [5.74, 6) is 1.31. The lowest BCUT2D eigenvalue weighted by atomic mass is 10.2. The Morgan fingerprint density at radius 2 is 2.20 bits per heavy atom. The van der Waals surface area contributed by atoms with Crippen molar-refractivity contribution in [3.63, 3.8) is 0 Å². The molecule has 0 radical (unpaired) electrons. The summed E-state index contributed by atoms with van der Waals surface area (Å²) < 4.78 is 30.1. The first-order chi connectivity index (χ1) is 9.29. The van der Waals surface area contributed by atoms with E-state index in [4.69, 9.17) is 4.42 Å². The molecule has 1 saturated heterocycles. The quantitative estimate of drug-likeness (QED) is 0.831. The van der Waals surface area contributed by atoms with E-state index < -0.39 is 16.1 Å². The second-order valence-corrected chi connectivity index (χ2v) is 7.17. The topological polar surface area (TPSA) is 70.8 Å². The van der Waals surface area contributed by atoms with Crippen molar-refractivity contribution >= 4 is 15.9 Å². The second-order valence-electron chi connectivity index (χ2n) is 5.24. The smallest absolute Gasteiger partial charge is 0.241 e. The van der Waals surface area contributed by atoms with Crippen LogP contribution >= 0.6 is 0 Å². The summed E-state index contributed by atoms with van der Waals surface area (Å²) in [4.78, 5) is 13.9. The first kappa shape index (κ1) is 15.1. The van der Waals surface area contributed by atoms with Gasteiger partial charge in [0.2, 0.25) is 15.9 Å². The molecule has 1 amide bonds. The Bertz CT molecular complexity index is 593. The molecular weight excluding hydrogens is 280 g/mol. The number of amides is 1. The normalized spacial score (nSPS) is 20.2. The van der Waals surface area contributed by atoms with Crippen molar-refractivity contribution in [1.82, 2.24) is 9.21 Å². The minimum absolute atomic E-state index is 0.179. The highest BCUT2D eigenvalue weighted by molar-refractivity contribution is 7.88. The van der Waals surface area contributed by atoms with E-state index in [1.165, 1.54) is 9.21 Å². The van der Waals surface area contributed by atoms with Gasteiger partial charge in [0.25, 0.3) is 0 Å². The number of likely N-dealkylation sites (N-methyl/N-ethyl adjacent to an activating group) is 1. The lowest BCUT2D eigenvalue weighted by molar-refractivity contribution is -0.134. The molecule has 0 bridgehead atoms. The van der Waals surface area contributed by atoms with E-state index in [1.54, 1.807) is 7.05 Å². The number of aryl methyl sites for hydroxylation is 1. The number of hydrogen-bond acceptors (Lipinski definition) is 4. The Labute approximate surface area is 119 Å². The van der Waals surface area contributed by atoms with Gasteiger partial charge in [0.15, 0.2) is 0 Å². The van der Waals surface area contributed by atoms with Crippen molar-refractivity contribution in [2.45, 2.75) is 32.4 Å². The molecule has 1 aliphatic rings. The summed E-state index contributed by atoms with van der Waals surface area (Å²) in [5.41, 5.74) is 0. The Hall–Kier alpha value is -1.34. The number of rotatable bonds is 4. The highest BCUT2D eigenvalue weighted by Crippen LogP contribution is 2.22. The lowest BCUT2D eigenvalue weighted by Gasteiger charge is -2.25. The van der Waals surface area contributed by atoms with Gasteiger partial charge in [-0.05, 0) is 31.9 Å². The van der Waals surface area contributed by atoms with Crippen LogP contribution in [0.5, 0.6) is 0 Å². The van der Waals surface area contributed by atoms with Gasteiger partial charge in [-0.3, -0.25) is 4.79 Å². The number of sulfonamides is 1. The van der Waals surface area contributed by atoms with Crippen molar-refractivity contribution < 1.29 is 17.6 Å². The van der Waals surface area contributed by atoms with Crippen LogP contribution in [-0.4, -0.2) is 49.4 Å². The van der Waals surface area contributed by atoms with E-state index in [2.05, 4.69) is 0 Å². The number of carbonyl (C=O) groups excluding carboxylic acids is 1. The summed E-state index contributed by atoms with van der Waals surface area (Å²) in [7, 11) is -1.67. The van der Waals surface area contributed by atoms with Gasteiger partial charge in [0.05, 0.1) is 12.8 Å². The van der Waals surface area contributed by atoms with Gasteiger partial charge in [-0.2, -0.15) is 4.31 Å². The Kier molecular flexibility index (Phi) is 4.19. The van der Waals surface area contributed by atoms with Gasteiger partial charge in [-0.25, -0.2) is 8.42 Å². The second kappa shape index (κ2) is 5.57. The molecule has 112 valence electrons. The predicted molar refractivity (Wildman–Crippen MR) is 74.5 cm³/mol. The van der Waals surface area contributed by atoms with Crippen molar-refractivity contribution in [3.8, 4) is 0 Å². The van der Waals surface area contributed by atoms with Crippen LogP contribution in [0.1, 0.15) is 24.4 Å². The van der Waals surface area contributed by atoms with Gasteiger partial charge in [-0.15, -0.1) is 0 Å². The molecule has 1 fully saturated rings. The van der Waals surface area contributed by atoms with E-state index in [0.717, 1.165) is 18.4 Å². The van der Waals surface area contributed by atoms with E-state index in [9.17, 15) is 13.2 Å². The minimum Gasteiger partial charge on any atom is -0.464 e. The third-order valence-electron chi connectivity index (χ3n) is 3.48. The van der Waals surface area contributed by atoms with Gasteiger partial charge in [-0.1, -0.05) is 0 Å². The molecular formula is C13H20N2O4S. The van der Waals surface area contributed by atoms with Crippen LogP contribution in [0.2, 0.25) is 0 Å². The van der Waals surface area contributed by atoms with Gasteiger partial charge >= 0.3 is 0 Å². The molecule has 1 atom stereocenters. The molecule has 0 spiro atoms. The average Bonchev–Trinajstić information content (AvgIpc) is 2.96. The first-order valence-corrected chi connectivity index (χ1v) is 8.41. The molecule has 20 heavy (non-hydrogen) atoms. The molecule has 6 nitrogen and oxygen atoms in total. The van der Waals surface area contributed by atoms with Gasteiger partial charge in [0, 0.05) is 13.6 Å². The molecule has 7 heteroatoms. The standard InChI is InChI=1S/C13H20N2O4S/c1-10-6-7-11(19-10)9-14(2)13(16)12-5-4-8-15(12)20(3,17)18/h6-7,12H,4-5,8-9H2,1-3H3. The largest absolute Gasteiger partial charge is 0.464 e. The summed E-state index contributed by atoms with van der Waals surface area (Å²) >= 11 is 0. The molecule has 0 N–H and O–H groups in total. The van der Waals surface area contributed by atoms with Crippen LogP contribution < -0.4 is 0 Å². The number of nitrogens with zero attached hydrogens (tertiary/aromatic N) is 2. The van der Waals surface area contributed by atoms with E-state index in [1.807, 2.05) is 19.1 Å². The number of hydrogen-bond donors (Lipinski definition) is 0. The van der Waals surface area contributed by atoms with Crippen LogP contribution in [0.3, 0.4) is 0 Å². The fourth-order valence-electron chi connectivity index (χ4n) is 2.52. The summed E-state index contributed by atoms with van der Waals surface area (Å²) in [6.45, 7) is 2.61.